The maximum absolute atomic E-state index is 12.9. The van der Waals surface area contributed by atoms with E-state index < -0.39 is 0 Å². The van der Waals surface area contributed by atoms with Crippen LogP contribution in [0.3, 0.4) is 0 Å². The number of halogens is 1. The molecule has 0 saturated heterocycles. The lowest BCUT2D eigenvalue weighted by Crippen LogP contribution is -2.25. The van der Waals surface area contributed by atoms with Gasteiger partial charge in [-0.1, -0.05) is 42.0 Å². The van der Waals surface area contributed by atoms with Crippen LogP contribution in [0.15, 0.2) is 54.6 Å². The highest BCUT2D eigenvalue weighted by molar-refractivity contribution is 5.93. The number of rotatable bonds is 7. The van der Waals surface area contributed by atoms with Gasteiger partial charge >= 0.3 is 0 Å². The summed E-state index contributed by atoms with van der Waals surface area (Å²) in [5.74, 6) is -0.378. The molecule has 4 nitrogen and oxygen atoms in total. The van der Waals surface area contributed by atoms with Crippen molar-refractivity contribution in [2.75, 3.05) is 6.54 Å². The summed E-state index contributed by atoms with van der Waals surface area (Å²) in [4.78, 5) is 12.3. The molecule has 0 aliphatic carbocycles. The number of benzene rings is 2. The molecule has 1 heterocycles. The summed E-state index contributed by atoms with van der Waals surface area (Å²) in [6.07, 6.45) is 2.67. The molecule has 0 atom stereocenters. The van der Waals surface area contributed by atoms with E-state index in [0.29, 0.717) is 12.2 Å². The highest BCUT2D eigenvalue weighted by atomic mass is 19.1. The van der Waals surface area contributed by atoms with Gasteiger partial charge in [0.15, 0.2) is 5.69 Å². The molecular weight excluding hydrogens is 341 g/mol. The number of aromatic nitrogens is 2. The van der Waals surface area contributed by atoms with Crippen molar-refractivity contribution in [3.05, 3.63) is 77.2 Å². The van der Waals surface area contributed by atoms with Crippen LogP contribution in [0, 0.1) is 12.7 Å². The van der Waals surface area contributed by atoms with Crippen molar-refractivity contribution in [3.8, 4) is 11.3 Å². The number of carbonyl (C=O) groups is 1. The average Bonchev–Trinajstić information content (AvgIpc) is 3.05. The first-order chi connectivity index (χ1) is 13.0. The van der Waals surface area contributed by atoms with E-state index in [0.717, 1.165) is 36.1 Å². The summed E-state index contributed by atoms with van der Waals surface area (Å²) in [5.41, 5.74) is 4.67. The van der Waals surface area contributed by atoms with E-state index in [1.807, 2.05) is 44.3 Å². The minimum Gasteiger partial charge on any atom is -0.351 e. The van der Waals surface area contributed by atoms with Gasteiger partial charge in [0.2, 0.25) is 0 Å². The summed E-state index contributed by atoms with van der Waals surface area (Å²) < 4.78 is 14.6. The third kappa shape index (κ3) is 5.03. The predicted octanol–water partition coefficient (Wildman–Crippen LogP) is 4.29. The van der Waals surface area contributed by atoms with Crippen molar-refractivity contribution in [2.24, 2.45) is 7.05 Å². The molecule has 0 aliphatic heterocycles. The first-order valence-corrected chi connectivity index (χ1v) is 9.16. The predicted molar refractivity (Wildman–Crippen MR) is 105 cm³/mol. The Hall–Kier alpha value is -2.95. The highest BCUT2D eigenvalue weighted by Gasteiger charge is 2.13. The van der Waals surface area contributed by atoms with E-state index in [2.05, 4.69) is 10.4 Å². The van der Waals surface area contributed by atoms with Gasteiger partial charge < -0.3 is 5.32 Å². The number of carbonyl (C=O) groups excluding carboxylic acids is 1. The van der Waals surface area contributed by atoms with Crippen LogP contribution >= 0.6 is 0 Å². The van der Waals surface area contributed by atoms with Gasteiger partial charge in [-0.2, -0.15) is 5.10 Å². The number of hydrogen-bond acceptors (Lipinski definition) is 2. The van der Waals surface area contributed by atoms with E-state index in [4.69, 9.17) is 0 Å². The SMILES string of the molecule is Cc1ccc(-c2cc(C(=O)NCCCCc3ccc(F)cc3)nn2C)cc1. The van der Waals surface area contributed by atoms with E-state index >= 15 is 0 Å². The normalized spacial score (nSPS) is 10.8. The fourth-order valence-corrected chi connectivity index (χ4v) is 2.97. The zero-order valence-electron chi connectivity index (χ0n) is 15.7. The second-order valence-electron chi connectivity index (χ2n) is 6.74. The molecule has 3 aromatic rings. The molecule has 1 aromatic heterocycles. The summed E-state index contributed by atoms with van der Waals surface area (Å²) in [5, 5.41) is 7.25. The minimum atomic E-state index is -0.216. The van der Waals surface area contributed by atoms with E-state index in [9.17, 15) is 9.18 Å². The van der Waals surface area contributed by atoms with Crippen LogP contribution in [0.1, 0.15) is 34.5 Å². The number of nitrogens with zero attached hydrogens (tertiary/aromatic N) is 2. The smallest absolute Gasteiger partial charge is 0.271 e. The molecule has 0 saturated carbocycles. The summed E-state index contributed by atoms with van der Waals surface area (Å²) in [6, 6.07) is 16.5. The number of nitrogens with one attached hydrogen (secondary N) is 1. The number of hydrogen-bond donors (Lipinski definition) is 1. The molecule has 27 heavy (non-hydrogen) atoms. The molecule has 0 aliphatic rings. The molecule has 5 heteroatoms. The fourth-order valence-electron chi connectivity index (χ4n) is 2.97. The molecule has 0 unspecified atom stereocenters. The van der Waals surface area contributed by atoms with Crippen LogP contribution in [0.5, 0.6) is 0 Å². The third-order valence-corrected chi connectivity index (χ3v) is 4.55. The van der Waals surface area contributed by atoms with Gasteiger partial charge in [-0.3, -0.25) is 9.48 Å². The Bertz CT molecular complexity index is 898. The Kier molecular flexibility index (Phi) is 6.01. The van der Waals surface area contributed by atoms with E-state index in [1.165, 1.54) is 17.7 Å². The second-order valence-corrected chi connectivity index (χ2v) is 6.74. The Morgan fingerprint density at radius 3 is 2.48 bits per heavy atom. The second kappa shape index (κ2) is 8.62. The van der Waals surface area contributed by atoms with Gasteiger partial charge in [-0.25, -0.2) is 4.39 Å². The lowest BCUT2D eigenvalue weighted by molar-refractivity contribution is 0.0947. The standard InChI is InChI=1S/C22H24FN3O/c1-16-6-10-18(11-7-16)21-15-20(25-26(21)2)22(27)24-14-4-3-5-17-8-12-19(23)13-9-17/h6-13,15H,3-5,14H2,1-2H3,(H,24,27). The molecule has 0 fully saturated rings. The van der Waals surface area contributed by atoms with E-state index in [1.54, 1.807) is 16.8 Å². The summed E-state index contributed by atoms with van der Waals surface area (Å²) in [7, 11) is 1.84. The van der Waals surface area contributed by atoms with Crippen LogP contribution in [-0.4, -0.2) is 22.2 Å². The van der Waals surface area contributed by atoms with Gasteiger partial charge in [0.25, 0.3) is 5.91 Å². The molecule has 0 radical (unpaired) electrons. The molecule has 0 spiro atoms. The molecule has 0 bridgehead atoms. The van der Waals surface area contributed by atoms with Gasteiger partial charge in [0.1, 0.15) is 5.82 Å². The van der Waals surface area contributed by atoms with Crippen LogP contribution in [-0.2, 0) is 13.5 Å². The Morgan fingerprint density at radius 1 is 1.07 bits per heavy atom. The topological polar surface area (TPSA) is 46.9 Å². The van der Waals surface area contributed by atoms with E-state index in [-0.39, 0.29) is 11.7 Å². The zero-order chi connectivity index (χ0) is 19.2. The molecule has 1 N–H and O–H groups in total. The largest absolute Gasteiger partial charge is 0.351 e. The molecule has 140 valence electrons. The molecule has 1 amide bonds. The van der Waals surface area contributed by atoms with Gasteiger partial charge in [-0.15, -0.1) is 0 Å². The monoisotopic (exact) mass is 365 g/mol. The van der Waals surface area contributed by atoms with Crippen molar-refractivity contribution in [1.29, 1.82) is 0 Å². The average molecular weight is 365 g/mol. The maximum Gasteiger partial charge on any atom is 0.271 e. The number of amides is 1. The Balaban J connectivity index is 1.49. The Morgan fingerprint density at radius 2 is 1.78 bits per heavy atom. The third-order valence-electron chi connectivity index (χ3n) is 4.55. The summed E-state index contributed by atoms with van der Waals surface area (Å²) in [6.45, 7) is 2.64. The lowest BCUT2D eigenvalue weighted by Gasteiger charge is -2.04. The number of aryl methyl sites for hydroxylation is 3. The van der Waals surface area contributed by atoms with Gasteiger partial charge in [0.05, 0.1) is 5.69 Å². The zero-order valence-corrected chi connectivity index (χ0v) is 15.7. The maximum atomic E-state index is 12.9. The summed E-state index contributed by atoms with van der Waals surface area (Å²) >= 11 is 0. The first kappa shape index (κ1) is 18.8. The van der Waals surface area contributed by atoms with Crippen LogP contribution in [0.25, 0.3) is 11.3 Å². The Labute approximate surface area is 159 Å². The van der Waals surface area contributed by atoms with Crippen molar-refractivity contribution in [3.63, 3.8) is 0 Å². The number of unbranched alkanes of at least 4 members (excludes halogenated alkanes) is 1. The van der Waals surface area contributed by atoms with Gasteiger partial charge in [-0.05, 0) is 55.5 Å². The molecule has 2 aromatic carbocycles. The van der Waals surface area contributed by atoms with Crippen molar-refractivity contribution >= 4 is 5.91 Å². The van der Waals surface area contributed by atoms with Crippen LogP contribution < -0.4 is 5.32 Å². The molecular formula is C22H24FN3O. The highest BCUT2D eigenvalue weighted by Crippen LogP contribution is 2.20. The molecule has 3 rings (SSSR count). The lowest BCUT2D eigenvalue weighted by atomic mass is 10.1. The van der Waals surface area contributed by atoms with Crippen LogP contribution in [0.2, 0.25) is 0 Å². The van der Waals surface area contributed by atoms with Crippen LogP contribution in [0.4, 0.5) is 4.39 Å². The van der Waals surface area contributed by atoms with Crippen molar-refractivity contribution in [2.45, 2.75) is 26.2 Å². The minimum absolute atomic E-state index is 0.161. The first-order valence-electron chi connectivity index (χ1n) is 9.16. The van der Waals surface area contributed by atoms with Gasteiger partial charge in [0, 0.05) is 13.6 Å². The van der Waals surface area contributed by atoms with Crippen molar-refractivity contribution in [1.82, 2.24) is 15.1 Å². The fraction of sp³-hybridized carbons (Fsp3) is 0.273. The quantitative estimate of drug-likeness (QED) is 0.635. The van der Waals surface area contributed by atoms with Crippen molar-refractivity contribution < 1.29 is 9.18 Å².